The molecule has 1 atom stereocenters. The summed E-state index contributed by atoms with van der Waals surface area (Å²) < 4.78 is 0. The van der Waals surface area contributed by atoms with Gasteiger partial charge in [0.2, 0.25) is 0 Å². The van der Waals surface area contributed by atoms with E-state index < -0.39 is 5.97 Å². The number of hydrogen-bond donors (Lipinski definition) is 2. The molecule has 0 spiro atoms. The molecule has 2 aliphatic carbocycles. The molecule has 3 nitrogen and oxygen atoms in total. The first-order valence-electron chi connectivity index (χ1n) is 7.69. The van der Waals surface area contributed by atoms with Crippen molar-refractivity contribution >= 4 is 5.97 Å². The quantitative estimate of drug-likeness (QED) is 0.767. The lowest BCUT2D eigenvalue weighted by Crippen LogP contribution is -2.33. The summed E-state index contributed by atoms with van der Waals surface area (Å²) in [6.07, 6.45) is 9.40. The van der Waals surface area contributed by atoms with Gasteiger partial charge in [0.15, 0.2) is 0 Å². The molecular formula is C16H26O3. The van der Waals surface area contributed by atoms with E-state index >= 15 is 0 Å². The Morgan fingerprint density at radius 3 is 2.00 bits per heavy atom. The molecule has 19 heavy (non-hydrogen) atoms. The Morgan fingerprint density at radius 1 is 0.947 bits per heavy atom. The summed E-state index contributed by atoms with van der Waals surface area (Å²) in [5.41, 5.74) is 0.410. The standard InChI is InChI=1S/C16H26O3/c1-11(16(18)19)15(12-5-3-2-4-6-12)13-7-9-14(17)10-8-13/h12-15,17H,1-10H2,(H,18,19). The van der Waals surface area contributed by atoms with Crippen molar-refractivity contribution in [2.75, 3.05) is 0 Å². The summed E-state index contributed by atoms with van der Waals surface area (Å²) in [6.45, 7) is 3.86. The fraction of sp³-hybridized carbons (Fsp3) is 0.812. The second kappa shape index (κ2) is 6.56. The minimum absolute atomic E-state index is 0.130. The van der Waals surface area contributed by atoms with Gasteiger partial charge >= 0.3 is 5.97 Å². The first kappa shape index (κ1) is 14.6. The molecule has 0 aromatic carbocycles. The SMILES string of the molecule is C=C(C(=O)O)C(C1CCCCC1)C1CCC(O)CC1. The molecule has 108 valence electrons. The van der Waals surface area contributed by atoms with Gasteiger partial charge in [-0.15, -0.1) is 0 Å². The highest BCUT2D eigenvalue weighted by Crippen LogP contribution is 2.43. The van der Waals surface area contributed by atoms with Gasteiger partial charge in [0.1, 0.15) is 0 Å². The van der Waals surface area contributed by atoms with Crippen LogP contribution in [0, 0.1) is 17.8 Å². The van der Waals surface area contributed by atoms with Crippen LogP contribution in [0.3, 0.4) is 0 Å². The minimum atomic E-state index is -0.832. The molecular weight excluding hydrogens is 240 g/mol. The number of hydrogen-bond acceptors (Lipinski definition) is 2. The predicted octanol–water partition coefficient (Wildman–Crippen LogP) is 3.37. The number of aliphatic hydroxyl groups is 1. The molecule has 0 bridgehead atoms. The van der Waals surface area contributed by atoms with Crippen molar-refractivity contribution in [1.29, 1.82) is 0 Å². The van der Waals surface area contributed by atoms with Crippen LogP contribution >= 0.6 is 0 Å². The van der Waals surface area contributed by atoms with E-state index in [1.807, 2.05) is 0 Å². The number of aliphatic carboxylic acids is 1. The second-order valence-electron chi connectivity index (χ2n) is 6.32. The van der Waals surface area contributed by atoms with Gasteiger partial charge < -0.3 is 10.2 Å². The molecule has 0 saturated heterocycles. The molecule has 2 fully saturated rings. The van der Waals surface area contributed by atoms with Crippen LogP contribution in [0.1, 0.15) is 57.8 Å². The maximum Gasteiger partial charge on any atom is 0.331 e. The van der Waals surface area contributed by atoms with E-state index in [9.17, 15) is 15.0 Å². The van der Waals surface area contributed by atoms with E-state index in [1.165, 1.54) is 19.3 Å². The minimum Gasteiger partial charge on any atom is -0.478 e. The summed E-state index contributed by atoms with van der Waals surface area (Å²) in [5.74, 6) is 0.208. The Hall–Kier alpha value is -0.830. The van der Waals surface area contributed by atoms with Gasteiger partial charge in [-0.25, -0.2) is 4.79 Å². The van der Waals surface area contributed by atoms with E-state index in [4.69, 9.17) is 0 Å². The Labute approximate surface area is 115 Å². The molecule has 0 aromatic heterocycles. The molecule has 2 saturated carbocycles. The summed E-state index contributed by atoms with van der Waals surface area (Å²) in [6, 6.07) is 0. The monoisotopic (exact) mass is 266 g/mol. The lowest BCUT2D eigenvalue weighted by atomic mass is 9.66. The lowest BCUT2D eigenvalue weighted by Gasteiger charge is -2.38. The number of carboxylic acids is 1. The van der Waals surface area contributed by atoms with E-state index in [1.54, 1.807) is 0 Å². The van der Waals surface area contributed by atoms with Crippen LogP contribution in [0.5, 0.6) is 0 Å². The van der Waals surface area contributed by atoms with Crippen molar-refractivity contribution in [2.45, 2.75) is 63.9 Å². The molecule has 2 N–H and O–H groups in total. The largest absolute Gasteiger partial charge is 0.478 e. The number of carbonyl (C=O) groups is 1. The molecule has 0 aromatic rings. The Balaban J connectivity index is 2.08. The van der Waals surface area contributed by atoms with Gasteiger partial charge in [-0.1, -0.05) is 25.8 Å². The molecule has 1 unspecified atom stereocenters. The molecule has 0 radical (unpaired) electrons. The van der Waals surface area contributed by atoms with Crippen molar-refractivity contribution in [3.8, 4) is 0 Å². The van der Waals surface area contributed by atoms with E-state index in [0.29, 0.717) is 17.4 Å². The zero-order valence-corrected chi connectivity index (χ0v) is 11.7. The van der Waals surface area contributed by atoms with E-state index in [-0.39, 0.29) is 12.0 Å². The highest BCUT2D eigenvalue weighted by molar-refractivity contribution is 5.86. The van der Waals surface area contributed by atoms with Crippen LogP contribution in [0.2, 0.25) is 0 Å². The van der Waals surface area contributed by atoms with Gasteiger partial charge in [-0.2, -0.15) is 0 Å². The van der Waals surface area contributed by atoms with Crippen molar-refractivity contribution < 1.29 is 15.0 Å². The first-order chi connectivity index (χ1) is 9.09. The molecule has 0 heterocycles. The van der Waals surface area contributed by atoms with Gasteiger partial charge in [0.25, 0.3) is 0 Å². The highest BCUT2D eigenvalue weighted by atomic mass is 16.4. The first-order valence-corrected chi connectivity index (χ1v) is 7.69. The fourth-order valence-electron chi connectivity index (χ4n) is 4.05. The topological polar surface area (TPSA) is 57.5 Å². The van der Waals surface area contributed by atoms with E-state index in [2.05, 4.69) is 6.58 Å². The van der Waals surface area contributed by atoms with E-state index in [0.717, 1.165) is 38.5 Å². The van der Waals surface area contributed by atoms with Gasteiger partial charge in [0.05, 0.1) is 6.10 Å². The normalized spacial score (nSPS) is 30.8. The van der Waals surface area contributed by atoms with Crippen molar-refractivity contribution in [1.82, 2.24) is 0 Å². The summed E-state index contributed by atoms with van der Waals surface area (Å²) >= 11 is 0. The van der Waals surface area contributed by atoms with Crippen LogP contribution in [0.15, 0.2) is 12.2 Å². The predicted molar refractivity (Wildman–Crippen MR) is 74.8 cm³/mol. The van der Waals surface area contributed by atoms with Crippen LogP contribution < -0.4 is 0 Å². The molecule has 0 aliphatic heterocycles. The highest BCUT2D eigenvalue weighted by Gasteiger charge is 2.36. The third-order valence-corrected chi connectivity index (χ3v) is 5.08. The molecule has 3 heteroatoms. The fourth-order valence-corrected chi connectivity index (χ4v) is 4.05. The Kier molecular flexibility index (Phi) is 5.03. The zero-order valence-electron chi connectivity index (χ0n) is 11.7. The van der Waals surface area contributed by atoms with Crippen molar-refractivity contribution in [3.05, 3.63) is 12.2 Å². The maximum atomic E-state index is 11.3. The smallest absolute Gasteiger partial charge is 0.331 e. The zero-order chi connectivity index (χ0) is 13.8. The second-order valence-corrected chi connectivity index (χ2v) is 6.32. The van der Waals surface area contributed by atoms with Crippen LogP contribution in [-0.2, 0) is 4.79 Å². The molecule has 2 aliphatic rings. The number of aliphatic hydroxyl groups excluding tert-OH is 1. The van der Waals surface area contributed by atoms with Gasteiger partial charge in [0, 0.05) is 5.57 Å². The van der Waals surface area contributed by atoms with Gasteiger partial charge in [-0.05, 0) is 56.3 Å². The summed E-state index contributed by atoms with van der Waals surface area (Å²) in [4.78, 5) is 11.3. The molecule has 0 amide bonds. The molecule has 2 rings (SSSR count). The Bertz CT molecular complexity index is 323. The number of carboxylic acid groups (broad SMARTS) is 1. The van der Waals surface area contributed by atoms with Crippen LogP contribution in [0.4, 0.5) is 0 Å². The Morgan fingerprint density at radius 2 is 1.47 bits per heavy atom. The number of rotatable bonds is 4. The van der Waals surface area contributed by atoms with Crippen LogP contribution in [0.25, 0.3) is 0 Å². The lowest BCUT2D eigenvalue weighted by molar-refractivity contribution is -0.133. The average Bonchev–Trinajstić information content (AvgIpc) is 2.42. The van der Waals surface area contributed by atoms with Crippen molar-refractivity contribution in [2.24, 2.45) is 17.8 Å². The maximum absolute atomic E-state index is 11.3. The van der Waals surface area contributed by atoms with Gasteiger partial charge in [-0.3, -0.25) is 0 Å². The summed E-state index contributed by atoms with van der Waals surface area (Å²) in [5, 5.41) is 18.9. The third kappa shape index (κ3) is 3.59. The third-order valence-electron chi connectivity index (χ3n) is 5.08. The summed E-state index contributed by atoms with van der Waals surface area (Å²) in [7, 11) is 0. The van der Waals surface area contributed by atoms with Crippen LogP contribution in [-0.4, -0.2) is 22.3 Å². The van der Waals surface area contributed by atoms with Crippen molar-refractivity contribution in [3.63, 3.8) is 0 Å². The average molecular weight is 266 g/mol.